The summed E-state index contributed by atoms with van der Waals surface area (Å²) in [7, 11) is 0. The zero-order valence-electron chi connectivity index (χ0n) is 19.5. The summed E-state index contributed by atoms with van der Waals surface area (Å²) >= 11 is 0. The van der Waals surface area contributed by atoms with E-state index in [2.05, 4.69) is 30.1 Å². The van der Waals surface area contributed by atoms with E-state index in [1.165, 1.54) is 12.1 Å². The molecule has 0 bridgehead atoms. The number of halogens is 3. The molecule has 0 unspecified atom stereocenters. The topological polar surface area (TPSA) is 153 Å². The summed E-state index contributed by atoms with van der Waals surface area (Å²) in [5.41, 5.74) is 12.6. The average molecular weight is 509 g/mol. The SMILES string of the molecule is NC(=O)c1nc(N2CCC3(CC2)Cc2ncccc2[C@H]3N)nc2n[nH]c(-c3cccnc3C(F)(F)F)c12. The summed E-state index contributed by atoms with van der Waals surface area (Å²) in [5.74, 6) is -0.666. The third-order valence-electron chi connectivity index (χ3n) is 7.46. The minimum Gasteiger partial charge on any atom is -0.364 e. The van der Waals surface area contributed by atoms with Crippen LogP contribution in [0.1, 0.15) is 46.3 Å². The molecule has 6 rings (SSSR count). The Kier molecular flexibility index (Phi) is 5.16. The smallest absolute Gasteiger partial charge is 0.364 e. The monoisotopic (exact) mass is 509 g/mol. The third-order valence-corrected chi connectivity index (χ3v) is 7.46. The molecule has 1 atom stereocenters. The molecule has 190 valence electrons. The van der Waals surface area contributed by atoms with Gasteiger partial charge in [0.25, 0.3) is 5.91 Å². The number of rotatable bonds is 3. The van der Waals surface area contributed by atoms with Gasteiger partial charge >= 0.3 is 6.18 Å². The van der Waals surface area contributed by atoms with Crippen molar-refractivity contribution < 1.29 is 18.0 Å². The van der Waals surface area contributed by atoms with Gasteiger partial charge in [0.05, 0.1) is 11.1 Å². The summed E-state index contributed by atoms with van der Waals surface area (Å²) in [6, 6.07) is 6.39. The lowest BCUT2D eigenvalue weighted by Gasteiger charge is -2.42. The van der Waals surface area contributed by atoms with E-state index in [9.17, 15) is 18.0 Å². The van der Waals surface area contributed by atoms with Gasteiger partial charge in [-0.3, -0.25) is 19.9 Å². The number of alkyl halides is 3. The van der Waals surface area contributed by atoms with E-state index in [1.807, 2.05) is 17.0 Å². The second kappa shape index (κ2) is 8.20. The lowest BCUT2D eigenvalue weighted by molar-refractivity contribution is -0.140. The second-order valence-corrected chi connectivity index (χ2v) is 9.47. The van der Waals surface area contributed by atoms with E-state index in [0.29, 0.717) is 13.1 Å². The Hall–Kier alpha value is -4.13. The van der Waals surface area contributed by atoms with E-state index in [4.69, 9.17) is 11.5 Å². The number of nitrogens with two attached hydrogens (primary N) is 2. The first-order valence-electron chi connectivity index (χ1n) is 11.7. The molecule has 4 aromatic heterocycles. The number of carbonyl (C=O) groups is 1. The van der Waals surface area contributed by atoms with Gasteiger partial charge in [0.2, 0.25) is 5.95 Å². The number of nitrogens with one attached hydrogen (secondary N) is 1. The molecule has 10 nitrogen and oxygen atoms in total. The van der Waals surface area contributed by atoms with Crippen molar-refractivity contribution in [3.05, 3.63) is 59.3 Å². The fourth-order valence-electron chi connectivity index (χ4n) is 5.56. The largest absolute Gasteiger partial charge is 0.434 e. The number of anilines is 1. The van der Waals surface area contributed by atoms with Crippen molar-refractivity contribution >= 4 is 22.9 Å². The van der Waals surface area contributed by atoms with Crippen LogP contribution >= 0.6 is 0 Å². The Morgan fingerprint density at radius 2 is 1.84 bits per heavy atom. The maximum absolute atomic E-state index is 13.6. The van der Waals surface area contributed by atoms with Crippen LogP contribution in [0.4, 0.5) is 19.1 Å². The van der Waals surface area contributed by atoms with Crippen molar-refractivity contribution in [3.8, 4) is 11.3 Å². The van der Waals surface area contributed by atoms with Crippen LogP contribution in [-0.2, 0) is 12.6 Å². The predicted molar refractivity (Wildman–Crippen MR) is 127 cm³/mol. The Labute approximate surface area is 208 Å². The third kappa shape index (κ3) is 3.68. The molecular formula is C24H22F3N9O. The summed E-state index contributed by atoms with van der Waals surface area (Å²) in [6.07, 6.45) is 0.405. The minimum absolute atomic E-state index is 0.0163. The number of pyridine rings is 2. The van der Waals surface area contributed by atoms with E-state index in [1.54, 1.807) is 6.20 Å². The number of aromatic nitrogens is 6. The van der Waals surface area contributed by atoms with Crippen molar-refractivity contribution in [3.63, 3.8) is 0 Å². The highest BCUT2D eigenvalue weighted by atomic mass is 19.4. The van der Waals surface area contributed by atoms with Crippen LogP contribution in [0.15, 0.2) is 36.7 Å². The van der Waals surface area contributed by atoms with Crippen LogP contribution in [0.5, 0.6) is 0 Å². The van der Waals surface area contributed by atoms with Gasteiger partial charge < -0.3 is 16.4 Å². The number of aromatic amines is 1. The zero-order chi connectivity index (χ0) is 25.9. The Balaban J connectivity index is 1.35. The van der Waals surface area contributed by atoms with Crippen molar-refractivity contribution in [1.82, 2.24) is 30.1 Å². The van der Waals surface area contributed by atoms with Crippen LogP contribution in [0.2, 0.25) is 0 Å². The molecule has 1 spiro atoms. The summed E-state index contributed by atoms with van der Waals surface area (Å²) in [4.78, 5) is 31.1. The first kappa shape index (κ1) is 23.3. The van der Waals surface area contributed by atoms with E-state index in [-0.39, 0.29) is 45.4 Å². The molecule has 5 N–H and O–H groups in total. The molecule has 5 heterocycles. The highest BCUT2D eigenvalue weighted by molar-refractivity contribution is 6.08. The summed E-state index contributed by atoms with van der Waals surface area (Å²) < 4.78 is 40.8. The molecule has 4 aromatic rings. The number of carbonyl (C=O) groups excluding carboxylic acids is 1. The first-order chi connectivity index (χ1) is 17.7. The molecule has 1 amide bonds. The Morgan fingerprint density at radius 3 is 2.54 bits per heavy atom. The molecule has 37 heavy (non-hydrogen) atoms. The second-order valence-electron chi connectivity index (χ2n) is 9.47. The lowest BCUT2D eigenvalue weighted by Crippen LogP contribution is -2.45. The van der Waals surface area contributed by atoms with Gasteiger partial charge in [-0.05, 0) is 48.4 Å². The van der Waals surface area contributed by atoms with Gasteiger partial charge in [-0.2, -0.15) is 23.3 Å². The van der Waals surface area contributed by atoms with E-state index >= 15 is 0 Å². The van der Waals surface area contributed by atoms with Gasteiger partial charge in [-0.1, -0.05) is 6.07 Å². The first-order valence-corrected chi connectivity index (χ1v) is 11.7. The Morgan fingerprint density at radius 1 is 1.11 bits per heavy atom. The fourth-order valence-corrected chi connectivity index (χ4v) is 5.56. The van der Waals surface area contributed by atoms with Crippen LogP contribution in [0, 0.1) is 5.41 Å². The summed E-state index contributed by atoms with van der Waals surface area (Å²) in [6.45, 7) is 1.15. The van der Waals surface area contributed by atoms with Crippen molar-refractivity contribution in [2.45, 2.75) is 31.5 Å². The number of hydrogen-bond donors (Lipinski definition) is 3. The Bertz CT molecular complexity index is 1530. The number of fused-ring (bicyclic) bond motifs is 2. The number of nitrogens with zero attached hydrogens (tertiary/aromatic N) is 6. The van der Waals surface area contributed by atoms with Gasteiger partial charge in [-0.15, -0.1) is 0 Å². The van der Waals surface area contributed by atoms with Gasteiger partial charge in [0, 0.05) is 42.8 Å². The number of piperidine rings is 1. The molecule has 13 heteroatoms. The number of primary amides is 1. The van der Waals surface area contributed by atoms with Crippen LogP contribution < -0.4 is 16.4 Å². The number of amides is 1. The van der Waals surface area contributed by atoms with Gasteiger partial charge in [-0.25, -0.2) is 4.98 Å². The maximum Gasteiger partial charge on any atom is 0.434 e. The van der Waals surface area contributed by atoms with Gasteiger partial charge in [0.1, 0.15) is 5.69 Å². The standard InChI is InChI=1S/C24H22F3N9O/c25-24(26,27)19-13(4-2-8-31-19)16-15-17(20(29)37)32-22(33-21(15)35-34-16)36-9-5-23(6-10-36)11-14-12(18(23)28)3-1-7-30-14/h1-4,7-8,18H,5-6,9-11,28H2,(H2,29,37)(H,32,33,34,35)/t18-/m1/s1. The molecule has 0 saturated carbocycles. The lowest BCUT2D eigenvalue weighted by atomic mass is 9.73. The minimum atomic E-state index is -4.72. The normalized spacial score (nSPS) is 18.9. The fraction of sp³-hybridized carbons (Fsp3) is 0.333. The molecular weight excluding hydrogens is 487 g/mol. The quantitative estimate of drug-likeness (QED) is 0.381. The molecule has 1 saturated heterocycles. The maximum atomic E-state index is 13.6. The van der Waals surface area contributed by atoms with E-state index in [0.717, 1.165) is 36.7 Å². The molecule has 0 radical (unpaired) electrons. The van der Waals surface area contributed by atoms with E-state index < -0.39 is 17.8 Å². The molecule has 1 fully saturated rings. The summed E-state index contributed by atoms with van der Waals surface area (Å²) in [5, 5.41) is 6.69. The highest BCUT2D eigenvalue weighted by Gasteiger charge is 2.47. The van der Waals surface area contributed by atoms with Gasteiger partial charge in [0.15, 0.2) is 11.3 Å². The number of hydrogen-bond acceptors (Lipinski definition) is 8. The van der Waals surface area contributed by atoms with Crippen LogP contribution in [-0.4, -0.2) is 49.1 Å². The number of H-pyrrole nitrogens is 1. The zero-order valence-corrected chi connectivity index (χ0v) is 19.5. The predicted octanol–water partition coefficient (Wildman–Crippen LogP) is 2.77. The highest BCUT2D eigenvalue weighted by Crippen LogP contribution is 2.50. The van der Waals surface area contributed by atoms with Crippen molar-refractivity contribution in [2.24, 2.45) is 16.9 Å². The molecule has 2 aliphatic rings. The van der Waals surface area contributed by atoms with Crippen LogP contribution in [0.3, 0.4) is 0 Å². The van der Waals surface area contributed by atoms with Crippen LogP contribution in [0.25, 0.3) is 22.3 Å². The molecule has 0 aromatic carbocycles. The average Bonchev–Trinajstić information content (AvgIpc) is 3.42. The van der Waals surface area contributed by atoms with Crippen molar-refractivity contribution in [2.75, 3.05) is 18.0 Å². The molecule has 1 aliphatic carbocycles. The molecule has 1 aliphatic heterocycles. The van der Waals surface area contributed by atoms with Crippen molar-refractivity contribution in [1.29, 1.82) is 0 Å².